The van der Waals surface area contributed by atoms with E-state index in [1.54, 1.807) is 0 Å². The van der Waals surface area contributed by atoms with Gasteiger partial charge in [-0.15, -0.1) is 0 Å². The third-order valence-corrected chi connectivity index (χ3v) is 4.92. The molecule has 1 aliphatic rings. The van der Waals surface area contributed by atoms with E-state index in [-0.39, 0.29) is 12.1 Å². The van der Waals surface area contributed by atoms with E-state index in [9.17, 15) is 22.9 Å². The lowest BCUT2D eigenvalue weighted by atomic mass is 10.0. The molecular formula is C12H16FN3O4S. The molecule has 9 heteroatoms. The second kappa shape index (κ2) is 6.04. The van der Waals surface area contributed by atoms with Crippen LogP contribution in [0.5, 0.6) is 0 Å². The van der Waals surface area contributed by atoms with Gasteiger partial charge < -0.3 is 5.32 Å². The fourth-order valence-electron chi connectivity index (χ4n) is 2.38. The van der Waals surface area contributed by atoms with Gasteiger partial charge in [0.15, 0.2) is 4.90 Å². The van der Waals surface area contributed by atoms with Crippen molar-refractivity contribution in [2.75, 3.05) is 6.54 Å². The van der Waals surface area contributed by atoms with Crippen LogP contribution in [-0.4, -0.2) is 32.0 Å². The maximum atomic E-state index is 13.1. The fraction of sp³-hybridized carbons (Fsp3) is 0.500. The molecule has 0 spiro atoms. The summed E-state index contributed by atoms with van der Waals surface area (Å²) in [5, 5.41) is 14.1. The number of benzene rings is 1. The van der Waals surface area contributed by atoms with Gasteiger partial charge in [-0.1, -0.05) is 0 Å². The Bertz CT molecular complexity index is 650. The normalized spacial score (nSPS) is 23.0. The summed E-state index contributed by atoms with van der Waals surface area (Å²) in [6, 6.07) is 2.29. The topological polar surface area (TPSA) is 101 Å². The molecule has 2 unspecified atom stereocenters. The minimum Gasteiger partial charge on any atom is -0.314 e. The first-order chi connectivity index (χ1) is 9.79. The van der Waals surface area contributed by atoms with Gasteiger partial charge in [-0.25, -0.2) is 17.5 Å². The van der Waals surface area contributed by atoms with Crippen LogP contribution in [0.3, 0.4) is 0 Å². The summed E-state index contributed by atoms with van der Waals surface area (Å²) in [6.07, 6.45) is 1.19. The highest BCUT2D eigenvalue weighted by molar-refractivity contribution is 7.89. The summed E-state index contributed by atoms with van der Waals surface area (Å²) >= 11 is 0. The Hall–Kier alpha value is -1.58. The van der Waals surface area contributed by atoms with Crippen LogP contribution in [0.4, 0.5) is 10.1 Å². The molecule has 1 heterocycles. The molecule has 0 saturated carbocycles. The predicted molar refractivity (Wildman–Crippen MR) is 73.9 cm³/mol. The second-order valence-electron chi connectivity index (χ2n) is 5.07. The number of hydrogen-bond acceptors (Lipinski definition) is 5. The average molecular weight is 317 g/mol. The molecule has 21 heavy (non-hydrogen) atoms. The molecule has 2 N–H and O–H groups in total. The Morgan fingerprint density at radius 2 is 2.19 bits per heavy atom. The average Bonchev–Trinajstić information content (AvgIpc) is 2.37. The zero-order valence-electron chi connectivity index (χ0n) is 11.4. The quantitative estimate of drug-likeness (QED) is 0.641. The number of nitro benzene ring substituents is 1. The standard InChI is InChI=1S/C12H16FN3O4S/c1-8-6-10(4-5-14-8)15-21(19,20)12-3-2-9(13)7-11(12)16(17)18/h2-3,7-8,10,14-15H,4-6H2,1H3. The lowest BCUT2D eigenvalue weighted by Gasteiger charge is -2.28. The Balaban J connectivity index is 2.29. The highest BCUT2D eigenvalue weighted by Crippen LogP contribution is 2.25. The molecule has 0 aromatic heterocycles. The molecule has 0 aliphatic carbocycles. The molecule has 2 rings (SSSR count). The van der Waals surface area contributed by atoms with Crippen LogP contribution in [0, 0.1) is 15.9 Å². The Morgan fingerprint density at radius 3 is 2.81 bits per heavy atom. The van der Waals surface area contributed by atoms with E-state index >= 15 is 0 Å². The number of sulfonamides is 1. The first-order valence-corrected chi connectivity index (χ1v) is 7.97. The largest absolute Gasteiger partial charge is 0.314 e. The summed E-state index contributed by atoms with van der Waals surface area (Å²) in [7, 11) is -4.06. The predicted octanol–water partition coefficient (Wildman–Crippen LogP) is 1.15. The van der Waals surface area contributed by atoms with Gasteiger partial charge in [0.25, 0.3) is 5.69 Å². The van der Waals surface area contributed by atoms with E-state index in [0.717, 1.165) is 12.1 Å². The van der Waals surface area contributed by atoms with Gasteiger partial charge in [0.1, 0.15) is 5.82 Å². The van der Waals surface area contributed by atoms with E-state index in [1.807, 2.05) is 6.92 Å². The molecule has 0 radical (unpaired) electrons. The van der Waals surface area contributed by atoms with Crippen LogP contribution in [0.15, 0.2) is 23.1 Å². The number of hydrogen-bond donors (Lipinski definition) is 2. The zero-order chi connectivity index (χ0) is 15.6. The highest BCUT2D eigenvalue weighted by Gasteiger charge is 2.30. The van der Waals surface area contributed by atoms with Crippen LogP contribution in [0.25, 0.3) is 0 Å². The van der Waals surface area contributed by atoms with Crippen molar-refractivity contribution in [1.82, 2.24) is 10.0 Å². The molecule has 1 aromatic carbocycles. The van der Waals surface area contributed by atoms with Gasteiger partial charge in [0.2, 0.25) is 10.0 Å². The van der Waals surface area contributed by atoms with Crippen molar-refractivity contribution in [3.63, 3.8) is 0 Å². The molecule has 2 atom stereocenters. The van der Waals surface area contributed by atoms with E-state index in [1.165, 1.54) is 0 Å². The van der Waals surface area contributed by atoms with Gasteiger partial charge in [0.05, 0.1) is 11.0 Å². The third-order valence-electron chi connectivity index (χ3n) is 3.35. The van der Waals surface area contributed by atoms with Crippen molar-refractivity contribution >= 4 is 15.7 Å². The molecular weight excluding hydrogens is 301 g/mol. The van der Waals surface area contributed by atoms with Crippen LogP contribution in [-0.2, 0) is 10.0 Å². The monoisotopic (exact) mass is 317 g/mol. The minimum atomic E-state index is -4.06. The van der Waals surface area contributed by atoms with Crippen molar-refractivity contribution in [2.24, 2.45) is 0 Å². The first kappa shape index (κ1) is 15.8. The SMILES string of the molecule is CC1CC(NS(=O)(=O)c2ccc(F)cc2[N+](=O)[O-])CCN1. The molecule has 1 aromatic rings. The summed E-state index contributed by atoms with van der Waals surface area (Å²) < 4.78 is 40.1. The number of piperidine rings is 1. The summed E-state index contributed by atoms with van der Waals surface area (Å²) in [6.45, 7) is 2.60. The molecule has 0 bridgehead atoms. The van der Waals surface area contributed by atoms with Gasteiger partial charge in [-0.3, -0.25) is 10.1 Å². The van der Waals surface area contributed by atoms with Crippen molar-refractivity contribution in [1.29, 1.82) is 0 Å². The van der Waals surface area contributed by atoms with Crippen LogP contribution < -0.4 is 10.0 Å². The maximum absolute atomic E-state index is 13.1. The Labute approximate surface area is 121 Å². The van der Waals surface area contributed by atoms with Crippen molar-refractivity contribution in [2.45, 2.75) is 36.7 Å². The van der Waals surface area contributed by atoms with E-state index < -0.39 is 31.3 Å². The van der Waals surface area contributed by atoms with E-state index in [2.05, 4.69) is 10.0 Å². The molecule has 0 amide bonds. The Morgan fingerprint density at radius 1 is 1.48 bits per heavy atom. The molecule has 7 nitrogen and oxygen atoms in total. The summed E-state index contributed by atoms with van der Waals surface area (Å²) in [5.41, 5.74) is -0.760. The molecule has 1 aliphatic heterocycles. The highest BCUT2D eigenvalue weighted by atomic mass is 32.2. The Kier molecular flexibility index (Phi) is 4.55. The van der Waals surface area contributed by atoms with Crippen molar-refractivity contribution < 1.29 is 17.7 Å². The van der Waals surface area contributed by atoms with Gasteiger partial charge in [-0.2, -0.15) is 0 Å². The molecule has 1 fully saturated rings. The number of nitrogens with zero attached hydrogens (tertiary/aromatic N) is 1. The molecule has 116 valence electrons. The number of nitrogens with one attached hydrogen (secondary N) is 2. The lowest BCUT2D eigenvalue weighted by Crippen LogP contribution is -2.46. The van der Waals surface area contributed by atoms with Gasteiger partial charge in [0, 0.05) is 12.1 Å². The maximum Gasteiger partial charge on any atom is 0.292 e. The van der Waals surface area contributed by atoms with Crippen LogP contribution in [0.1, 0.15) is 19.8 Å². The molecule has 1 saturated heterocycles. The van der Waals surface area contributed by atoms with Crippen molar-refractivity contribution in [3.8, 4) is 0 Å². The van der Waals surface area contributed by atoms with Gasteiger partial charge in [-0.05, 0) is 38.4 Å². The third kappa shape index (κ3) is 3.74. The summed E-state index contributed by atoms with van der Waals surface area (Å²) in [4.78, 5) is 9.49. The lowest BCUT2D eigenvalue weighted by molar-refractivity contribution is -0.388. The van der Waals surface area contributed by atoms with E-state index in [0.29, 0.717) is 25.5 Å². The summed E-state index contributed by atoms with van der Waals surface area (Å²) in [5.74, 6) is -0.851. The van der Waals surface area contributed by atoms with Crippen LogP contribution >= 0.6 is 0 Å². The van der Waals surface area contributed by atoms with Crippen molar-refractivity contribution in [3.05, 3.63) is 34.1 Å². The van der Waals surface area contributed by atoms with Crippen LogP contribution in [0.2, 0.25) is 0 Å². The second-order valence-corrected chi connectivity index (χ2v) is 6.75. The number of nitro groups is 1. The number of rotatable bonds is 4. The number of halogens is 1. The zero-order valence-corrected chi connectivity index (χ0v) is 12.2. The first-order valence-electron chi connectivity index (χ1n) is 6.49. The smallest absolute Gasteiger partial charge is 0.292 e. The van der Waals surface area contributed by atoms with Gasteiger partial charge >= 0.3 is 0 Å². The fourth-order valence-corrected chi connectivity index (χ4v) is 3.82. The van der Waals surface area contributed by atoms with E-state index in [4.69, 9.17) is 0 Å². The minimum absolute atomic E-state index is 0.162.